The van der Waals surface area contributed by atoms with Gasteiger partial charge in [-0.25, -0.2) is 0 Å². The highest BCUT2D eigenvalue weighted by atomic mass is 28.4. The molecular formula is C8H18O2Si. The van der Waals surface area contributed by atoms with Crippen molar-refractivity contribution in [3.8, 4) is 0 Å². The van der Waals surface area contributed by atoms with Crippen molar-refractivity contribution in [3.63, 3.8) is 0 Å². The van der Waals surface area contributed by atoms with E-state index in [0.29, 0.717) is 5.54 Å². The quantitative estimate of drug-likeness (QED) is 0.470. The summed E-state index contributed by atoms with van der Waals surface area (Å²) in [5.74, 6) is 0. The molecule has 0 aromatic heterocycles. The fraction of sp³-hybridized carbons (Fsp3) is 0.750. The topological polar surface area (TPSA) is 18.5 Å². The van der Waals surface area contributed by atoms with Crippen LogP contribution in [0.15, 0.2) is 12.7 Å². The number of hydrogen-bond acceptors (Lipinski definition) is 2. The molecule has 0 aliphatic carbocycles. The standard InChI is InChI=1S/C8H18O2Si/c1-6-7-11(9-4,10-5)8(2)3/h6,8H,1,7H2,2-5H3. The van der Waals surface area contributed by atoms with Gasteiger partial charge in [0.05, 0.1) is 0 Å². The molecule has 66 valence electrons. The summed E-state index contributed by atoms with van der Waals surface area (Å²) in [5.41, 5.74) is 0.468. The Hall–Kier alpha value is -0.123. The Morgan fingerprint density at radius 3 is 1.91 bits per heavy atom. The van der Waals surface area contributed by atoms with Gasteiger partial charge in [0.15, 0.2) is 0 Å². The summed E-state index contributed by atoms with van der Waals surface area (Å²) in [7, 11) is 1.50. The predicted molar refractivity (Wildman–Crippen MR) is 49.9 cm³/mol. The second-order valence-electron chi connectivity index (χ2n) is 2.87. The first kappa shape index (κ1) is 10.9. The molecule has 0 atom stereocenters. The lowest BCUT2D eigenvalue weighted by Crippen LogP contribution is -2.42. The molecule has 0 aromatic carbocycles. The van der Waals surface area contributed by atoms with Gasteiger partial charge < -0.3 is 8.85 Å². The minimum atomic E-state index is -1.94. The Morgan fingerprint density at radius 1 is 1.36 bits per heavy atom. The van der Waals surface area contributed by atoms with Crippen molar-refractivity contribution in [1.82, 2.24) is 0 Å². The summed E-state index contributed by atoms with van der Waals surface area (Å²) >= 11 is 0. The van der Waals surface area contributed by atoms with Crippen LogP contribution in [-0.2, 0) is 8.85 Å². The van der Waals surface area contributed by atoms with Crippen LogP contribution in [0.2, 0.25) is 11.6 Å². The van der Waals surface area contributed by atoms with Gasteiger partial charge in [-0.15, -0.1) is 6.58 Å². The molecule has 0 aliphatic heterocycles. The van der Waals surface area contributed by atoms with Gasteiger partial charge in [0.1, 0.15) is 0 Å². The molecule has 2 nitrogen and oxygen atoms in total. The Labute approximate surface area is 70.5 Å². The SMILES string of the molecule is C=CC[Si](OC)(OC)C(C)C. The van der Waals surface area contributed by atoms with Gasteiger partial charge in [0, 0.05) is 20.3 Å². The molecule has 0 radical (unpaired) electrons. The molecule has 0 fully saturated rings. The smallest absolute Gasteiger partial charge is 0.344 e. The van der Waals surface area contributed by atoms with Crippen molar-refractivity contribution in [2.75, 3.05) is 14.2 Å². The third kappa shape index (κ3) is 2.43. The summed E-state index contributed by atoms with van der Waals surface area (Å²) in [6.45, 7) is 7.95. The van der Waals surface area contributed by atoms with Crippen molar-refractivity contribution in [1.29, 1.82) is 0 Å². The second-order valence-corrected chi connectivity index (χ2v) is 6.87. The molecule has 0 amide bonds. The van der Waals surface area contributed by atoms with Crippen LogP contribution in [0.25, 0.3) is 0 Å². The van der Waals surface area contributed by atoms with Crippen molar-refractivity contribution in [3.05, 3.63) is 12.7 Å². The van der Waals surface area contributed by atoms with E-state index >= 15 is 0 Å². The monoisotopic (exact) mass is 174 g/mol. The van der Waals surface area contributed by atoms with E-state index < -0.39 is 8.56 Å². The van der Waals surface area contributed by atoms with Crippen LogP contribution in [0.3, 0.4) is 0 Å². The maximum absolute atomic E-state index is 5.43. The largest absolute Gasteiger partial charge is 0.397 e. The van der Waals surface area contributed by atoms with Gasteiger partial charge in [-0.05, 0) is 5.54 Å². The zero-order valence-electron chi connectivity index (χ0n) is 7.89. The molecule has 0 aromatic rings. The van der Waals surface area contributed by atoms with E-state index in [1.165, 1.54) is 0 Å². The minimum absolute atomic E-state index is 0.468. The number of hydrogen-bond donors (Lipinski definition) is 0. The molecule has 0 saturated heterocycles. The van der Waals surface area contributed by atoms with Crippen molar-refractivity contribution in [2.24, 2.45) is 0 Å². The maximum Gasteiger partial charge on any atom is 0.344 e. The highest BCUT2D eigenvalue weighted by molar-refractivity contribution is 6.69. The lowest BCUT2D eigenvalue weighted by Gasteiger charge is -2.29. The van der Waals surface area contributed by atoms with E-state index in [9.17, 15) is 0 Å². The molecule has 3 heteroatoms. The first-order valence-corrected chi connectivity index (χ1v) is 5.94. The summed E-state index contributed by atoms with van der Waals surface area (Å²) in [5, 5.41) is 0. The molecular weight excluding hydrogens is 156 g/mol. The first-order valence-electron chi connectivity index (χ1n) is 3.84. The van der Waals surface area contributed by atoms with E-state index in [1.807, 2.05) is 6.08 Å². The summed E-state index contributed by atoms with van der Waals surface area (Å²) in [4.78, 5) is 0. The third-order valence-corrected chi connectivity index (χ3v) is 6.00. The molecule has 0 heterocycles. The van der Waals surface area contributed by atoms with Crippen LogP contribution < -0.4 is 0 Å². The average Bonchev–Trinajstić information content (AvgIpc) is 2.00. The molecule has 0 aliphatic rings. The van der Waals surface area contributed by atoms with Gasteiger partial charge in [-0.1, -0.05) is 19.9 Å². The first-order chi connectivity index (χ1) is 5.13. The molecule has 0 N–H and O–H groups in total. The van der Waals surface area contributed by atoms with Crippen LogP contribution in [-0.4, -0.2) is 22.8 Å². The van der Waals surface area contributed by atoms with Crippen LogP contribution in [0.5, 0.6) is 0 Å². The van der Waals surface area contributed by atoms with E-state index in [-0.39, 0.29) is 0 Å². The van der Waals surface area contributed by atoms with Crippen LogP contribution in [0.1, 0.15) is 13.8 Å². The summed E-state index contributed by atoms with van der Waals surface area (Å²) in [6.07, 6.45) is 1.87. The third-order valence-electron chi connectivity index (χ3n) is 2.00. The number of allylic oxidation sites excluding steroid dienone is 1. The summed E-state index contributed by atoms with van der Waals surface area (Å²) < 4.78 is 10.9. The Morgan fingerprint density at radius 2 is 1.82 bits per heavy atom. The molecule has 0 bridgehead atoms. The normalized spacial score (nSPS) is 12.1. The molecule has 0 spiro atoms. The fourth-order valence-corrected chi connectivity index (χ4v) is 3.47. The average molecular weight is 174 g/mol. The van der Waals surface area contributed by atoms with E-state index in [0.717, 1.165) is 6.04 Å². The summed E-state index contributed by atoms with van der Waals surface area (Å²) in [6, 6.07) is 0.859. The molecule has 11 heavy (non-hydrogen) atoms. The van der Waals surface area contributed by atoms with E-state index in [4.69, 9.17) is 8.85 Å². The lowest BCUT2D eigenvalue weighted by atomic mass is 10.6. The molecule has 0 rings (SSSR count). The van der Waals surface area contributed by atoms with Gasteiger partial charge >= 0.3 is 8.56 Å². The van der Waals surface area contributed by atoms with Gasteiger partial charge in [-0.3, -0.25) is 0 Å². The highest BCUT2D eigenvalue weighted by Gasteiger charge is 2.37. The predicted octanol–water partition coefficient (Wildman–Crippen LogP) is 2.32. The Kier molecular flexibility index (Phi) is 4.64. The molecule has 0 saturated carbocycles. The van der Waals surface area contributed by atoms with Crippen molar-refractivity contribution >= 4 is 8.56 Å². The zero-order valence-corrected chi connectivity index (χ0v) is 8.89. The lowest BCUT2D eigenvalue weighted by molar-refractivity contribution is 0.236. The van der Waals surface area contributed by atoms with Crippen LogP contribution >= 0.6 is 0 Å². The minimum Gasteiger partial charge on any atom is -0.397 e. The van der Waals surface area contributed by atoms with Gasteiger partial charge in [-0.2, -0.15) is 0 Å². The Balaban J connectivity index is 4.31. The molecule has 0 unspecified atom stereocenters. The van der Waals surface area contributed by atoms with Gasteiger partial charge in [0.25, 0.3) is 0 Å². The maximum atomic E-state index is 5.43. The second kappa shape index (κ2) is 4.69. The van der Waals surface area contributed by atoms with Gasteiger partial charge in [0.2, 0.25) is 0 Å². The fourth-order valence-electron chi connectivity index (χ4n) is 1.16. The van der Waals surface area contributed by atoms with Crippen LogP contribution in [0.4, 0.5) is 0 Å². The van der Waals surface area contributed by atoms with Crippen LogP contribution in [0, 0.1) is 0 Å². The van der Waals surface area contributed by atoms with E-state index in [2.05, 4.69) is 20.4 Å². The highest BCUT2D eigenvalue weighted by Crippen LogP contribution is 2.26. The zero-order chi connectivity index (χ0) is 8.91. The van der Waals surface area contributed by atoms with Crippen molar-refractivity contribution < 1.29 is 8.85 Å². The number of rotatable bonds is 5. The van der Waals surface area contributed by atoms with Crippen molar-refractivity contribution in [2.45, 2.75) is 25.4 Å². The van der Waals surface area contributed by atoms with E-state index in [1.54, 1.807) is 14.2 Å². The Bertz CT molecular complexity index is 119.